The molecule has 1 aromatic carbocycles. The molecule has 5 nitrogen and oxygen atoms in total. The Morgan fingerprint density at radius 3 is 2.43 bits per heavy atom. The number of nitrogens with one attached hydrogen (secondary N) is 2. The second-order valence-corrected chi connectivity index (χ2v) is 6.04. The van der Waals surface area contributed by atoms with Crippen LogP contribution in [0, 0.1) is 0 Å². The Morgan fingerprint density at radius 1 is 1.10 bits per heavy atom. The third-order valence-electron chi connectivity index (χ3n) is 3.12. The predicted molar refractivity (Wildman–Crippen MR) is 87.0 cm³/mol. The summed E-state index contributed by atoms with van der Waals surface area (Å²) in [6, 6.07) is 8.38. The molecule has 2 aromatic rings. The zero-order valence-electron chi connectivity index (χ0n) is 13.1. The Kier molecular flexibility index (Phi) is 4.73. The molecule has 0 saturated heterocycles. The first-order valence-electron chi connectivity index (χ1n) is 7.30. The van der Waals surface area contributed by atoms with Crippen LogP contribution in [0.3, 0.4) is 0 Å². The van der Waals surface area contributed by atoms with Gasteiger partial charge in [0.25, 0.3) is 0 Å². The molecule has 0 unspecified atom stereocenters. The quantitative estimate of drug-likeness (QED) is 0.876. The average molecular weight is 285 g/mol. The van der Waals surface area contributed by atoms with E-state index in [9.17, 15) is 0 Å². The number of nitrogens with zero attached hydrogens (tertiary/aromatic N) is 3. The number of rotatable bonds is 5. The van der Waals surface area contributed by atoms with Gasteiger partial charge in [0, 0.05) is 12.2 Å². The molecule has 0 radical (unpaired) electrons. The molecule has 0 aliphatic heterocycles. The molecular formula is C16H23N5. The molecule has 0 spiro atoms. The number of hydrogen-bond donors (Lipinski definition) is 2. The molecular weight excluding hydrogens is 262 g/mol. The monoisotopic (exact) mass is 285 g/mol. The largest absolute Gasteiger partial charge is 0.353 e. The fourth-order valence-electron chi connectivity index (χ4n) is 1.88. The lowest BCUT2D eigenvalue weighted by Crippen LogP contribution is -2.10. The van der Waals surface area contributed by atoms with E-state index in [0.29, 0.717) is 11.8 Å². The van der Waals surface area contributed by atoms with Crippen molar-refractivity contribution in [3.05, 3.63) is 36.0 Å². The molecule has 0 fully saturated rings. The normalized spacial score (nSPS) is 11.2. The first kappa shape index (κ1) is 15.2. The minimum Gasteiger partial charge on any atom is -0.353 e. The molecule has 5 heteroatoms. The number of aromatic nitrogens is 3. The molecule has 0 aliphatic carbocycles. The lowest BCUT2D eigenvalue weighted by atomic mass is 9.87. The van der Waals surface area contributed by atoms with Gasteiger partial charge in [0.05, 0.1) is 6.20 Å². The first-order valence-corrected chi connectivity index (χ1v) is 7.30. The summed E-state index contributed by atoms with van der Waals surface area (Å²) in [5.74, 6) is 1.24. The topological polar surface area (TPSA) is 62.7 Å². The molecule has 112 valence electrons. The van der Waals surface area contributed by atoms with Gasteiger partial charge in [0.1, 0.15) is 0 Å². The molecule has 21 heavy (non-hydrogen) atoms. The summed E-state index contributed by atoms with van der Waals surface area (Å²) in [6.45, 7) is 9.55. The number of hydrogen-bond acceptors (Lipinski definition) is 5. The van der Waals surface area contributed by atoms with Gasteiger partial charge in [-0.3, -0.25) is 0 Å². The van der Waals surface area contributed by atoms with E-state index in [-0.39, 0.29) is 5.41 Å². The van der Waals surface area contributed by atoms with E-state index in [1.807, 2.05) is 0 Å². The summed E-state index contributed by atoms with van der Waals surface area (Å²) >= 11 is 0. The van der Waals surface area contributed by atoms with Gasteiger partial charge in [-0.1, -0.05) is 39.8 Å². The van der Waals surface area contributed by atoms with Gasteiger partial charge in [0.15, 0.2) is 5.82 Å². The van der Waals surface area contributed by atoms with E-state index in [1.165, 1.54) is 5.56 Å². The molecule has 0 bridgehead atoms. The van der Waals surface area contributed by atoms with E-state index >= 15 is 0 Å². The Morgan fingerprint density at radius 2 is 1.81 bits per heavy atom. The molecule has 1 aromatic heterocycles. The van der Waals surface area contributed by atoms with Crippen molar-refractivity contribution in [2.24, 2.45) is 0 Å². The van der Waals surface area contributed by atoms with Crippen LogP contribution in [0.4, 0.5) is 17.5 Å². The number of benzene rings is 1. The van der Waals surface area contributed by atoms with Crippen LogP contribution in [0.1, 0.15) is 39.7 Å². The van der Waals surface area contributed by atoms with Gasteiger partial charge in [-0.15, -0.1) is 5.10 Å². The second kappa shape index (κ2) is 6.52. The third-order valence-corrected chi connectivity index (χ3v) is 3.12. The van der Waals surface area contributed by atoms with Crippen molar-refractivity contribution in [3.8, 4) is 0 Å². The molecule has 0 saturated carbocycles. The van der Waals surface area contributed by atoms with Gasteiger partial charge in [-0.2, -0.15) is 10.1 Å². The molecule has 1 heterocycles. The van der Waals surface area contributed by atoms with Crippen molar-refractivity contribution in [3.63, 3.8) is 0 Å². The van der Waals surface area contributed by atoms with Crippen molar-refractivity contribution >= 4 is 17.5 Å². The van der Waals surface area contributed by atoms with Gasteiger partial charge in [-0.05, 0) is 29.5 Å². The number of anilines is 3. The van der Waals surface area contributed by atoms with E-state index in [4.69, 9.17) is 0 Å². The zero-order valence-corrected chi connectivity index (χ0v) is 13.1. The maximum absolute atomic E-state index is 4.38. The van der Waals surface area contributed by atoms with Crippen LogP contribution in [-0.2, 0) is 5.41 Å². The minimum atomic E-state index is 0.159. The standard InChI is InChI=1S/C16H23N5/c1-5-10-17-15-20-14(11-18-21-15)19-13-8-6-12(7-9-13)16(2,3)4/h6-9,11H,5,10H2,1-4H3,(H2,17,19,20,21). The lowest BCUT2D eigenvalue weighted by molar-refractivity contribution is 0.590. The van der Waals surface area contributed by atoms with Crippen LogP contribution in [0.15, 0.2) is 30.5 Å². The maximum Gasteiger partial charge on any atom is 0.244 e. The van der Waals surface area contributed by atoms with E-state index < -0.39 is 0 Å². The van der Waals surface area contributed by atoms with Crippen LogP contribution in [-0.4, -0.2) is 21.7 Å². The van der Waals surface area contributed by atoms with Crippen LogP contribution in [0.25, 0.3) is 0 Å². The molecule has 0 aliphatic rings. The predicted octanol–water partition coefficient (Wildman–Crippen LogP) is 3.73. The molecule has 0 atom stereocenters. The Bertz CT molecular complexity index is 572. The summed E-state index contributed by atoms with van der Waals surface area (Å²) in [7, 11) is 0. The molecule has 2 N–H and O–H groups in total. The summed E-state index contributed by atoms with van der Waals surface area (Å²) in [4.78, 5) is 4.38. The van der Waals surface area contributed by atoms with Crippen molar-refractivity contribution in [1.29, 1.82) is 0 Å². The summed E-state index contributed by atoms with van der Waals surface area (Å²) in [6.07, 6.45) is 2.64. The first-order chi connectivity index (χ1) is 9.99. The SMILES string of the molecule is CCCNc1nncc(Nc2ccc(C(C)(C)C)cc2)n1. The third kappa shape index (κ3) is 4.41. The maximum atomic E-state index is 4.38. The van der Waals surface area contributed by atoms with Crippen LogP contribution < -0.4 is 10.6 Å². The summed E-state index contributed by atoms with van der Waals surface area (Å²) in [5.41, 5.74) is 2.45. The highest BCUT2D eigenvalue weighted by atomic mass is 15.3. The fourth-order valence-corrected chi connectivity index (χ4v) is 1.88. The van der Waals surface area contributed by atoms with E-state index in [2.05, 4.69) is 77.8 Å². The van der Waals surface area contributed by atoms with Crippen molar-refractivity contribution in [1.82, 2.24) is 15.2 Å². The van der Waals surface area contributed by atoms with Gasteiger partial charge in [0.2, 0.25) is 5.95 Å². The van der Waals surface area contributed by atoms with Crippen LogP contribution in [0.2, 0.25) is 0 Å². The zero-order chi connectivity index (χ0) is 15.3. The fraction of sp³-hybridized carbons (Fsp3) is 0.438. The van der Waals surface area contributed by atoms with E-state index in [0.717, 1.165) is 18.7 Å². The van der Waals surface area contributed by atoms with Gasteiger partial charge in [-0.25, -0.2) is 0 Å². The summed E-state index contributed by atoms with van der Waals surface area (Å²) < 4.78 is 0. The summed E-state index contributed by atoms with van der Waals surface area (Å²) in [5, 5.41) is 14.3. The van der Waals surface area contributed by atoms with Gasteiger partial charge >= 0.3 is 0 Å². The van der Waals surface area contributed by atoms with Crippen LogP contribution in [0.5, 0.6) is 0 Å². The highest BCUT2D eigenvalue weighted by Gasteiger charge is 2.12. The molecule has 0 amide bonds. The van der Waals surface area contributed by atoms with Crippen LogP contribution >= 0.6 is 0 Å². The van der Waals surface area contributed by atoms with Crippen molar-refractivity contribution in [2.45, 2.75) is 39.5 Å². The Balaban J connectivity index is 2.07. The Labute approximate surface area is 126 Å². The van der Waals surface area contributed by atoms with Gasteiger partial charge < -0.3 is 10.6 Å². The highest BCUT2D eigenvalue weighted by Crippen LogP contribution is 2.24. The van der Waals surface area contributed by atoms with E-state index in [1.54, 1.807) is 6.20 Å². The highest BCUT2D eigenvalue weighted by molar-refractivity contribution is 5.56. The minimum absolute atomic E-state index is 0.159. The van der Waals surface area contributed by atoms with Crippen molar-refractivity contribution in [2.75, 3.05) is 17.2 Å². The van der Waals surface area contributed by atoms with Crippen molar-refractivity contribution < 1.29 is 0 Å². The molecule has 2 rings (SSSR count). The smallest absolute Gasteiger partial charge is 0.244 e. The Hall–Kier alpha value is -2.17. The lowest BCUT2D eigenvalue weighted by Gasteiger charge is -2.19. The second-order valence-electron chi connectivity index (χ2n) is 6.04. The average Bonchev–Trinajstić information content (AvgIpc) is 2.45.